The van der Waals surface area contributed by atoms with Gasteiger partial charge in [-0.05, 0) is 41.2 Å². The van der Waals surface area contributed by atoms with Crippen molar-refractivity contribution >= 4 is 5.91 Å². The maximum atomic E-state index is 11.7. The van der Waals surface area contributed by atoms with E-state index in [1.165, 1.54) is 0 Å². The first-order valence-corrected chi connectivity index (χ1v) is 5.79. The van der Waals surface area contributed by atoms with Gasteiger partial charge >= 0.3 is 0 Å². The van der Waals surface area contributed by atoms with Crippen LogP contribution in [0.25, 0.3) is 0 Å². The van der Waals surface area contributed by atoms with Crippen LogP contribution in [-0.4, -0.2) is 46.7 Å². The molecule has 0 spiro atoms. The maximum Gasteiger partial charge on any atom is 0.234 e. The predicted octanol–water partition coefficient (Wildman–Crippen LogP) is 0.994. The Kier molecular flexibility index (Phi) is 5.42. The number of carbonyl (C=O) groups excluding carboxylic acids is 1. The summed E-state index contributed by atoms with van der Waals surface area (Å²) in [5, 5.41) is 12.6. The maximum absolute atomic E-state index is 11.7. The fraction of sp³-hybridized carbons (Fsp3) is 0.917. The van der Waals surface area contributed by atoms with Gasteiger partial charge in [0.1, 0.15) is 0 Å². The first-order valence-electron chi connectivity index (χ1n) is 5.79. The lowest BCUT2D eigenvalue weighted by Crippen LogP contribution is -2.48. The summed E-state index contributed by atoms with van der Waals surface area (Å²) in [6.07, 6.45) is 0. The second-order valence-electron chi connectivity index (χ2n) is 5.91. The number of rotatable bonds is 5. The lowest BCUT2D eigenvalue weighted by Gasteiger charge is -2.29. The average molecular weight is 230 g/mol. The zero-order chi connectivity index (χ0) is 13.0. The third-order valence-electron chi connectivity index (χ3n) is 1.94. The highest BCUT2D eigenvalue weighted by molar-refractivity contribution is 5.78. The Bertz CT molecular complexity index is 226. The normalized spacial score (nSPS) is 13.0. The van der Waals surface area contributed by atoms with Crippen molar-refractivity contribution in [2.24, 2.45) is 0 Å². The summed E-state index contributed by atoms with van der Waals surface area (Å²) in [6.45, 7) is 12.9. The second kappa shape index (κ2) is 5.64. The van der Waals surface area contributed by atoms with Crippen LogP contribution < -0.4 is 5.32 Å². The van der Waals surface area contributed by atoms with E-state index in [1.807, 2.05) is 32.6 Å². The molecule has 1 amide bonds. The van der Waals surface area contributed by atoms with Gasteiger partial charge in [0.05, 0.1) is 12.1 Å². The molecule has 0 saturated heterocycles. The number of aliphatic hydroxyl groups is 1. The van der Waals surface area contributed by atoms with Crippen LogP contribution in [0.15, 0.2) is 0 Å². The van der Waals surface area contributed by atoms with E-state index in [-0.39, 0.29) is 11.4 Å². The van der Waals surface area contributed by atoms with E-state index in [1.54, 1.807) is 13.8 Å². The standard InChI is InChI=1S/C12H26N2O2/c1-7-14(9-12(5,6)16)8-10(15)13-11(2,3)4/h16H,7-9H2,1-6H3,(H,13,15). The number of hydrogen-bond acceptors (Lipinski definition) is 3. The zero-order valence-corrected chi connectivity index (χ0v) is 11.4. The summed E-state index contributed by atoms with van der Waals surface area (Å²) >= 11 is 0. The van der Waals surface area contributed by atoms with Crippen molar-refractivity contribution in [2.45, 2.75) is 52.7 Å². The van der Waals surface area contributed by atoms with Crippen molar-refractivity contribution in [1.82, 2.24) is 10.2 Å². The van der Waals surface area contributed by atoms with Gasteiger partial charge in [-0.15, -0.1) is 0 Å². The molecule has 4 heteroatoms. The van der Waals surface area contributed by atoms with Gasteiger partial charge in [-0.2, -0.15) is 0 Å². The Hall–Kier alpha value is -0.610. The van der Waals surface area contributed by atoms with E-state index in [2.05, 4.69) is 5.32 Å². The molecule has 0 aliphatic heterocycles. The molecular formula is C12H26N2O2. The van der Waals surface area contributed by atoms with Crippen LogP contribution >= 0.6 is 0 Å². The molecule has 0 heterocycles. The Morgan fingerprint density at radius 3 is 2.06 bits per heavy atom. The van der Waals surface area contributed by atoms with Crippen LogP contribution in [0.1, 0.15) is 41.5 Å². The molecule has 0 unspecified atom stereocenters. The Morgan fingerprint density at radius 1 is 1.25 bits per heavy atom. The molecule has 0 rings (SSSR count). The van der Waals surface area contributed by atoms with Gasteiger partial charge < -0.3 is 10.4 Å². The molecule has 0 aromatic carbocycles. The second-order valence-corrected chi connectivity index (χ2v) is 5.91. The summed E-state index contributed by atoms with van der Waals surface area (Å²) in [7, 11) is 0. The van der Waals surface area contributed by atoms with Crippen molar-refractivity contribution in [3.63, 3.8) is 0 Å². The molecule has 0 aromatic heterocycles. The van der Waals surface area contributed by atoms with Crippen molar-refractivity contribution in [2.75, 3.05) is 19.6 Å². The SMILES string of the molecule is CCN(CC(=O)NC(C)(C)C)CC(C)(C)O. The number of nitrogens with zero attached hydrogens (tertiary/aromatic N) is 1. The van der Waals surface area contributed by atoms with Crippen molar-refractivity contribution < 1.29 is 9.90 Å². The lowest BCUT2D eigenvalue weighted by atomic mass is 10.1. The molecule has 0 saturated carbocycles. The van der Waals surface area contributed by atoms with Crippen molar-refractivity contribution in [3.8, 4) is 0 Å². The molecule has 0 atom stereocenters. The van der Waals surface area contributed by atoms with Crippen LogP contribution in [0.3, 0.4) is 0 Å². The third kappa shape index (κ3) is 8.68. The average Bonchev–Trinajstić information content (AvgIpc) is 1.96. The van der Waals surface area contributed by atoms with Gasteiger partial charge in [-0.3, -0.25) is 9.69 Å². The summed E-state index contributed by atoms with van der Waals surface area (Å²) in [5.74, 6) is -0.00130. The molecule has 0 aromatic rings. The highest BCUT2D eigenvalue weighted by Gasteiger charge is 2.20. The monoisotopic (exact) mass is 230 g/mol. The van der Waals surface area contributed by atoms with Gasteiger partial charge in [0.15, 0.2) is 0 Å². The molecule has 96 valence electrons. The predicted molar refractivity (Wildman–Crippen MR) is 66.3 cm³/mol. The van der Waals surface area contributed by atoms with Crippen molar-refractivity contribution in [1.29, 1.82) is 0 Å². The van der Waals surface area contributed by atoms with Crippen LogP contribution in [0, 0.1) is 0 Å². The van der Waals surface area contributed by atoms with Crippen LogP contribution in [-0.2, 0) is 4.79 Å². The Labute approximate surface area is 99.0 Å². The number of carbonyl (C=O) groups is 1. The quantitative estimate of drug-likeness (QED) is 0.740. The van der Waals surface area contributed by atoms with Crippen molar-refractivity contribution in [3.05, 3.63) is 0 Å². The Balaban J connectivity index is 4.18. The molecule has 0 fully saturated rings. The van der Waals surface area contributed by atoms with E-state index in [9.17, 15) is 9.90 Å². The molecule has 16 heavy (non-hydrogen) atoms. The summed E-state index contributed by atoms with van der Waals surface area (Å²) in [4.78, 5) is 13.6. The lowest BCUT2D eigenvalue weighted by molar-refractivity contribution is -0.124. The summed E-state index contributed by atoms with van der Waals surface area (Å²) in [5.41, 5.74) is -0.969. The van der Waals surface area contributed by atoms with E-state index in [0.717, 1.165) is 6.54 Å². The largest absolute Gasteiger partial charge is 0.389 e. The third-order valence-corrected chi connectivity index (χ3v) is 1.94. The zero-order valence-electron chi connectivity index (χ0n) is 11.4. The number of likely N-dealkylation sites (N-methyl/N-ethyl adjacent to an activating group) is 1. The number of amides is 1. The molecule has 0 bridgehead atoms. The van der Waals surface area contributed by atoms with Gasteiger partial charge in [0, 0.05) is 12.1 Å². The molecule has 0 aliphatic rings. The van der Waals surface area contributed by atoms with Gasteiger partial charge in [-0.1, -0.05) is 6.92 Å². The Morgan fingerprint density at radius 2 is 1.75 bits per heavy atom. The fourth-order valence-electron chi connectivity index (χ4n) is 1.49. The molecule has 4 nitrogen and oxygen atoms in total. The van der Waals surface area contributed by atoms with E-state index < -0.39 is 5.60 Å². The van der Waals surface area contributed by atoms with Crippen LogP contribution in [0.4, 0.5) is 0 Å². The summed E-state index contributed by atoms with van der Waals surface area (Å²) < 4.78 is 0. The van der Waals surface area contributed by atoms with Gasteiger partial charge in [0.25, 0.3) is 0 Å². The smallest absolute Gasteiger partial charge is 0.234 e. The first-order chi connectivity index (χ1) is 7.03. The summed E-state index contributed by atoms with van der Waals surface area (Å²) in [6, 6.07) is 0. The highest BCUT2D eigenvalue weighted by atomic mass is 16.3. The minimum Gasteiger partial charge on any atom is -0.389 e. The molecule has 0 aliphatic carbocycles. The number of hydrogen-bond donors (Lipinski definition) is 2. The minimum atomic E-state index is -0.766. The molecule has 0 radical (unpaired) electrons. The fourth-order valence-corrected chi connectivity index (χ4v) is 1.49. The van der Waals surface area contributed by atoms with Crippen LogP contribution in [0.2, 0.25) is 0 Å². The minimum absolute atomic E-state index is 0.00130. The highest BCUT2D eigenvalue weighted by Crippen LogP contribution is 2.05. The topological polar surface area (TPSA) is 52.6 Å². The number of nitrogens with one attached hydrogen (secondary N) is 1. The van der Waals surface area contributed by atoms with E-state index in [4.69, 9.17) is 0 Å². The van der Waals surface area contributed by atoms with Crippen LogP contribution in [0.5, 0.6) is 0 Å². The van der Waals surface area contributed by atoms with Gasteiger partial charge in [-0.25, -0.2) is 0 Å². The molecule has 2 N–H and O–H groups in total. The first kappa shape index (κ1) is 15.4. The van der Waals surface area contributed by atoms with E-state index in [0.29, 0.717) is 13.1 Å². The van der Waals surface area contributed by atoms with E-state index >= 15 is 0 Å². The van der Waals surface area contributed by atoms with Gasteiger partial charge in [0.2, 0.25) is 5.91 Å². The molecular weight excluding hydrogens is 204 g/mol.